The number of hydrogen-bond acceptors (Lipinski definition) is 2. The second kappa shape index (κ2) is 5.56. The lowest BCUT2D eigenvalue weighted by atomic mass is 10.3. The Labute approximate surface area is 94.2 Å². The number of benzene rings is 1. The van der Waals surface area contributed by atoms with Gasteiger partial charge in [-0.05, 0) is 18.2 Å². The number of H-pyrrole nitrogens is 1. The maximum atomic E-state index is 3.88. The Morgan fingerprint density at radius 2 is 1.62 bits per heavy atom. The second-order valence-electron chi connectivity index (χ2n) is 3.23. The Kier molecular flexibility index (Phi) is 3.55. The number of allylic oxidation sites excluding steroid dienone is 4. The van der Waals surface area contributed by atoms with Crippen molar-refractivity contribution in [1.29, 1.82) is 0 Å². The van der Waals surface area contributed by atoms with Crippen LogP contribution in [0.25, 0.3) is 10.9 Å². The fourth-order valence-corrected chi connectivity index (χ4v) is 1.29. The minimum Gasteiger partial charge on any atom is -0.368 e. The van der Waals surface area contributed by atoms with Crippen LogP contribution in [0.15, 0.2) is 67.2 Å². The Morgan fingerprint density at radius 3 is 2.38 bits per heavy atom. The average molecular weight is 211 g/mol. The molecule has 2 aromatic rings. The molecule has 1 aliphatic rings. The first-order valence-electron chi connectivity index (χ1n) is 5.09. The highest BCUT2D eigenvalue weighted by atomic mass is 15.1. The summed E-state index contributed by atoms with van der Waals surface area (Å²) in [5.41, 5.74) is 1.09. The van der Waals surface area contributed by atoms with Crippen LogP contribution in [0.2, 0.25) is 0 Å². The third-order valence-corrected chi connectivity index (χ3v) is 2.07. The predicted molar refractivity (Wildman–Crippen MR) is 66.6 cm³/mol. The number of nitrogens with one attached hydrogen (secondary N) is 2. The molecule has 0 radical (unpaired) electrons. The number of fused-ring (bicyclic) bond motifs is 1. The number of para-hydroxylation sites is 1. The van der Waals surface area contributed by atoms with Crippen LogP contribution in [0.4, 0.5) is 0 Å². The molecule has 0 saturated heterocycles. The molecule has 3 heteroatoms. The van der Waals surface area contributed by atoms with Crippen molar-refractivity contribution in [2.24, 2.45) is 0 Å². The Hall–Kier alpha value is -2.29. The summed E-state index contributed by atoms with van der Waals surface area (Å²) in [7, 11) is 0. The van der Waals surface area contributed by atoms with Crippen molar-refractivity contribution in [2.45, 2.75) is 0 Å². The molecule has 16 heavy (non-hydrogen) atoms. The van der Waals surface area contributed by atoms with Gasteiger partial charge in [-0.15, -0.1) is 0 Å². The van der Waals surface area contributed by atoms with Gasteiger partial charge in [0.15, 0.2) is 0 Å². The fourth-order valence-electron chi connectivity index (χ4n) is 1.29. The number of nitrogens with zero attached hydrogens (tertiary/aromatic N) is 1. The molecule has 0 aliphatic carbocycles. The van der Waals surface area contributed by atoms with Crippen LogP contribution in [0, 0.1) is 0 Å². The normalized spacial score (nSPS) is 12.8. The van der Waals surface area contributed by atoms with E-state index in [1.165, 1.54) is 0 Å². The van der Waals surface area contributed by atoms with E-state index in [2.05, 4.69) is 15.5 Å². The van der Waals surface area contributed by atoms with Crippen LogP contribution >= 0.6 is 0 Å². The molecule has 0 atom stereocenters. The summed E-state index contributed by atoms with van der Waals surface area (Å²) < 4.78 is 0. The summed E-state index contributed by atoms with van der Waals surface area (Å²) in [4.78, 5) is 0. The molecule has 2 heterocycles. The molecule has 0 fully saturated rings. The number of hydrogen-bond donors (Lipinski definition) is 2. The van der Waals surface area contributed by atoms with Crippen LogP contribution in [0.1, 0.15) is 0 Å². The van der Waals surface area contributed by atoms with Crippen molar-refractivity contribution in [2.75, 3.05) is 0 Å². The smallest absolute Gasteiger partial charge is 0.0650 e. The van der Waals surface area contributed by atoms with E-state index < -0.39 is 0 Å². The summed E-state index contributed by atoms with van der Waals surface area (Å²) >= 11 is 0. The molecule has 1 aliphatic heterocycles. The van der Waals surface area contributed by atoms with Crippen LogP contribution in [0.3, 0.4) is 0 Å². The van der Waals surface area contributed by atoms with Crippen LogP contribution < -0.4 is 5.32 Å². The number of aromatic nitrogens is 2. The fraction of sp³-hybridized carbons (Fsp3) is 0. The molecule has 0 spiro atoms. The van der Waals surface area contributed by atoms with Gasteiger partial charge in [0.05, 0.1) is 11.7 Å². The first kappa shape index (κ1) is 10.2. The Bertz CT molecular complexity index is 476. The molecule has 0 saturated carbocycles. The van der Waals surface area contributed by atoms with Crippen molar-refractivity contribution in [3.05, 3.63) is 67.2 Å². The van der Waals surface area contributed by atoms with Gasteiger partial charge in [-0.3, -0.25) is 5.10 Å². The van der Waals surface area contributed by atoms with Crippen LogP contribution in [0.5, 0.6) is 0 Å². The van der Waals surface area contributed by atoms with E-state index in [0.29, 0.717) is 0 Å². The van der Waals surface area contributed by atoms with E-state index in [-0.39, 0.29) is 0 Å². The van der Waals surface area contributed by atoms with E-state index in [9.17, 15) is 0 Å². The molecule has 0 unspecified atom stereocenters. The summed E-state index contributed by atoms with van der Waals surface area (Å²) in [5.74, 6) is 0. The molecular weight excluding hydrogens is 198 g/mol. The van der Waals surface area contributed by atoms with E-state index in [1.54, 1.807) is 0 Å². The second-order valence-corrected chi connectivity index (χ2v) is 3.23. The van der Waals surface area contributed by atoms with Gasteiger partial charge in [0.1, 0.15) is 0 Å². The maximum absolute atomic E-state index is 3.88. The van der Waals surface area contributed by atoms with E-state index in [1.807, 2.05) is 67.2 Å². The molecule has 1 aromatic heterocycles. The molecule has 0 amide bonds. The van der Waals surface area contributed by atoms with Crippen molar-refractivity contribution in [3.63, 3.8) is 0 Å². The minimum atomic E-state index is 1.09. The first-order chi connectivity index (χ1) is 7.97. The Balaban J connectivity index is 0.000000125. The number of rotatable bonds is 0. The lowest BCUT2D eigenvalue weighted by molar-refractivity contribution is 1.12. The van der Waals surface area contributed by atoms with Gasteiger partial charge in [-0.25, -0.2) is 0 Å². The SMILES string of the molecule is C1=CC=CNC=C1.c1ccc2[nH]ncc2c1. The van der Waals surface area contributed by atoms with Crippen molar-refractivity contribution < 1.29 is 0 Å². The van der Waals surface area contributed by atoms with Gasteiger partial charge in [-0.1, -0.05) is 30.4 Å². The third kappa shape index (κ3) is 2.85. The van der Waals surface area contributed by atoms with Crippen molar-refractivity contribution in [1.82, 2.24) is 15.5 Å². The molecule has 3 rings (SSSR count). The topological polar surface area (TPSA) is 40.7 Å². The highest BCUT2D eigenvalue weighted by molar-refractivity contribution is 5.77. The molecular formula is C13H13N3. The highest BCUT2D eigenvalue weighted by Gasteiger charge is 1.88. The van der Waals surface area contributed by atoms with E-state index in [0.717, 1.165) is 10.9 Å². The largest absolute Gasteiger partial charge is 0.368 e. The molecule has 0 bridgehead atoms. The van der Waals surface area contributed by atoms with Gasteiger partial charge in [0.25, 0.3) is 0 Å². The lowest BCUT2D eigenvalue weighted by Crippen LogP contribution is -1.87. The summed E-state index contributed by atoms with van der Waals surface area (Å²) in [6.07, 6.45) is 13.4. The lowest BCUT2D eigenvalue weighted by Gasteiger charge is -1.81. The van der Waals surface area contributed by atoms with E-state index >= 15 is 0 Å². The summed E-state index contributed by atoms with van der Waals surface area (Å²) in [6, 6.07) is 8.01. The highest BCUT2D eigenvalue weighted by Crippen LogP contribution is 2.06. The minimum absolute atomic E-state index is 1.09. The molecule has 2 N–H and O–H groups in total. The van der Waals surface area contributed by atoms with Gasteiger partial charge in [-0.2, -0.15) is 5.10 Å². The monoisotopic (exact) mass is 211 g/mol. The zero-order valence-corrected chi connectivity index (χ0v) is 8.80. The standard InChI is InChI=1S/C7H6N2.C6H7N/c1-2-4-7-6(3-1)5-8-9-7;1-2-4-6-7-5-3-1/h1-5H,(H,8,9);1-7H. The van der Waals surface area contributed by atoms with Gasteiger partial charge >= 0.3 is 0 Å². The molecule has 3 nitrogen and oxygen atoms in total. The van der Waals surface area contributed by atoms with Crippen molar-refractivity contribution >= 4 is 10.9 Å². The third-order valence-electron chi connectivity index (χ3n) is 2.07. The Morgan fingerprint density at radius 1 is 0.875 bits per heavy atom. The van der Waals surface area contributed by atoms with Gasteiger partial charge in [0, 0.05) is 17.8 Å². The quantitative estimate of drug-likeness (QED) is 0.703. The van der Waals surface area contributed by atoms with Crippen LogP contribution in [-0.2, 0) is 0 Å². The number of aromatic amines is 1. The summed E-state index contributed by atoms with van der Waals surface area (Å²) in [6.45, 7) is 0. The summed E-state index contributed by atoms with van der Waals surface area (Å²) in [5, 5.41) is 10.8. The van der Waals surface area contributed by atoms with Gasteiger partial charge < -0.3 is 5.32 Å². The van der Waals surface area contributed by atoms with Crippen molar-refractivity contribution in [3.8, 4) is 0 Å². The molecule has 1 aromatic carbocycles. The van der Waals surface area contributed by atoms with Crippen LogP contribution in [-0.4, -0.2) is 10.2 Å². The van der Waals surface area contributed by atoms with E-state index in [4.69, 9.17) is 0 Å². The maximum Gasteiger partial charge on any atom is 0.0650 e. The predicted octanol–water partition coefficient (Wildman–Crippen LogP) is 2.74. The molecule has 80 valence electrons. The zero-order chi connectivity index (χ0) is 11.1. The zero-order valence-electron chi connectivity index (χ0n) is 8.80. The average Bonchev–Trinajstić information content (AvgIpc) is 2.61. The first-order valence-corrected chi connectivity index (χ1v) is 5.09. The van der Waals surface area contributed by atoms with Gasteiger partial charge in [0.2, 0.25) is 0 Å².